The van der Waals surface area contributed by atoms with Crippen LogP contribution in [0.25, 0.3) is 0 Å². The van der Waals surface area contributed by atoms with Crippen molar-refractivity contribution in [3.63, 3.8) is 0 Å². The molecule has 0 saturated heterocycles. The summed E-state index contributed by atoms with van der Waals surface area (Å²) >= 11 is 0. The molecule has 1 heterocycles. The molecule has 3 N–H and O–H groups in total. The van der Waals surface area contributed by atoms with E-state index >= 15 is 0 Å². The standard InChI is InChI=1S/C13H18N2O4/c16-11(9-5-6-19-8-9)7-14-12(17)13(18)15-10-3-1-2-4-10/h5-6,8,10-11,16H,1-4,7H2,(H,14,17)(H,15,18)/t11-/m0/s1. The van der Waals surface area contributed by atoms with Gasteiger partial charge in [-0.15, -0.1) is 0 Å². The van der Waals surface area contributed by atoms with E-state index in [4.69, 9.17) is 4.42 Å². The van der Waals surface area contributed by atoms with Gasteiger partial charge < -0.3 is 20.2 Å². The van der Waals surface area contributed by atoms with Crippen molar-refractivity contribution < 1.29 is 19.1 Å². The Morgan fingerprint density at radius 1 is 1.37 bits per heavy atom. The SMILES string of the molecule is O=C(NC[C@H](O)c1ccoc1)C(=O)NC1CCCC1. The average molecular weight is 266 g/mol. The fourth-order valence-corrected chi connectivity index (χ4v) is 2.17. The molecule has 2 rings (SSSR count). The molecule has 1 aliphatic rings. The summed E-state index contributed by atoms with van der Waals surface area (Å²) in [6.07, 6.45) is 6.00. The molecule has 1 fully saturated rings. The molecule has 1 aromatic heterocycles. The lowest BCUT2D eigenvalue weighted by Gasteiger charge is -2.13. The second-order valence-electron chi connectivity index (χ2n) is 4.74. The molecular formula is C13H18N2O4. The van der Waals surface area contributed by atoms with Crippen molar-refractivity contribution in [1.82, 2.24) is 10.6 Å². The van der Waals surface area contributed by atoms with Gasteiger partial charge in [-0.3, -0.25) is 9.59 Å². The first-order valence-electron chi connectivity index (χ1n) is 6.45. The summed E-state index contributed by atoms with van der Waals surface area (Å²) < 4.78 is 4.83. The second-order valence-corrected chi connectivity index (χ2v) is 4.74. The topological polar surface area (TPSA) is 91.6 Å². The number of aliphatic hydroxyl groups excluding tert-OH is 1. The van der Waals surface area contributed by atoms with Gasteiger partial charge in [0.15, 0.2) is 0 Å². The van der Waals surface area contributed by atoms with Crippen LogP contribution in [0.2, 0.25) is 0 Å². The molecule has 6 nitrogen and oxygen atoms in total. The zero-order valence-corrected chi connectivity index (χ0v) is 10.6. The number of carbonyl (C=O) groups is 2. The van der Waals surface area contributed by atoms with Crippen LogP contribution in [0.4, 0.5) is 0 Å². The quantitative estimate of drug-likeness (QED) is 0.692. The Bertz CT molecular complexity index is 424. The van der Waals surface area contributed by atoms with Gasteiger partial charge >= 0.3 is 11.8 Å². The Balaban J connectivity index is 1.72. The zero-order chi connectivity index (χ0) is 13.7. The first-order valence-corrected chi connectivity index (χ1v) is 6.45. The first kappa shape index (κ1) is 13.6. The lowest BCUT2D eigenvalue weighted by molar-refractivity contribution is -0.139. The Morgan fingerprint density at radius 3 is 2.74 bits per heavy atom. The van der Waals surface area contributed by atoms with Gasteiger partial charge in [0.1, 0.15) is 0 Å². The van der Waals surface area contributed by atoms with Gasteiger partial charge in [-0.2, -0.15) is 0 Å². The largest absolute Gasteiger partial charge is 0.472 e. The third kappa shape index (κ3) is 3.82. The van der Waals surface area contributed by atoms with E-state index in [2.05, 4.69) is 10.6 Å². The molecule has 0 spiro atoms. The highest BCUT2D eigenvalue weighted by Crippen LogP contribution is 2.17. The smallest absolute Gasteiger partial charge is 0.309 e. The molecule has 0 bridgehead atoms. The maximum absolute atomic E-state index is 11.6. The highest BCUT2D eigenvalue weighted by atomic mass is 16.3. The highest BCUT2D eigenvalue weighted by Gasteiger charge is 2.21. The Kier molecular flexibility index (Phi) is 4.57. The molecule has 104 valence electrons. The molecule has 0 aliphatic heterocycles. The maximum atomic E-state index is 11.6. The molecule has 0 unspecified atom stereocenters. The van der Waals surface area contributed by atoms with Crippen LogP contribution >= 0.6 is 0 Å². The molecule has 1 atom stereocenters. The third-order valence-electron chi connectivity index (χ3n) is 3.28. The fourth-order valence-electron chi connectivity index (χ4n) is 2.17. The van der Waals surface area contributed by atoms with E-state index in [1.807, 2.05) is 0 Å². The predicted molar refractivity (Wildman–Crippen MR) is 67.1 cm³/mol. The van der Waals surface area contributed by atoms with Crippen LogP contribution < -0.4 is 10.6 Å². The van der Waals surface area contributed by atoms with Crippen LogP contribution in [0.1, 0.15) is 37.4 Å². The van der Waals surface area contributed by atoms with Crippen molar-refractivity contribution in [1.29, 1.82) is 0 Å². The predicted octanol–water partition coefficient (Wildman–Crippen LogP) is 0.488. The molecule has 1 saturated carbocycles. The van der Waals surface area contributed by atoms with Crippen molar-refractivity contribution in [2.24, 2.45) is 0 Å². The number of hydrogen-bond donors (Lipinski definition) is 3. The Labute approximate surface area is 111 Å². The summed E-state index contributed by atoms with van der Waals surface area (Å²) in [5.41, 5.74) is 0.566. The number of rotatable bonds is 4. The van der Waals surface area contributed by atoms with Gasteiger partial charge in [0.05, 0.1) is 18.6 Å². The molecule has 1 aromatic rings. The summed E-state index contributed by atoms with van der Waals surface area (Å²) in [5, 5.41) is 14.8. The Hall–Kier alpha value is -1.82. The van der Waals surface area contributed by atoms with Gasteiger partial charge in [0, 0.05) is 18.2 Å². The van der Waals surface area contributed by atoms with Crippen molar-refractivity contribution in [3.8, 4) is 0 Å². The van der Waals surface area contributed by atoms with Gasteiger partial charge in [0.2, 0.25) is 0 Å². The summed E-state index contributed by atoms with van der Waals surface area (Å²) in [7, 11) is 0. The van der Waals surface area contributed by atoms with Crippen LogP contribution in [-0.2, 0) is 9.59 Å². The van der Waals surface area contributed by atoms with Crippen LogP contribution in [0, 0.1) is 0 Å². The van der Waals surface area contributed by atoms with E-state index in [1.54, 1.807) is 6.07 Å². The van der Waals surface area contributed by atoms with Gasteiger partial charge in [-0.1, -0.05) is 12.8 Å². The van der Waals surface area contributed by atoms with Crippen LogP contribution in [-0.4, -0.2) is 29.5 Å². The van der Waals surface area contributed by atoms with Crippen molar-refractivity contribution >= 4 is 11.8 Å². The van der Waals surface area contributed by atoms with E-state index < -0.39 is 17.9 Å². The Morgan fingerprint density at radius 2 is 2.11 bits per heavy atom. The van der Waals surface area contributed by atoms with E-state index in [9.17, 15) is 14.7 Å². The minimum Gasteiger partial charge on any atom is -0.472 e. The minimum atomic E-state index is -0.873. The first-order chi connectivity index (χ1) is 9.16. The summed E-state index contributed by atoms with van der Waals surface area (Å²) in [6, 6.07) is 1.71. The lowest BCUT2D eigenvalue weighted by Crippen LogP contribution is -2.44. The molecule has 1 aliphatic carbocycles. The molecule has 0 radical (unpaired) electrons. The van der Waals surface area contributed by atoms with Crippen LogP contribution in [0.15, 0.2) is 23.0 Å². The van der Waals surface area contributed by atoms with Crippen molar-refractivity contribution in [2.45, 2.75) is 37.8 Å². The lowest BCUT2D eigenvalue weighted by atomic mass is 10.2. The number of aliphatic hydroxyl groups is 1. The molecule has 19 heavy (non-hydrogen) atoms. The van der Waals surface area contributed by atoms with E-state index in [-0.39, 0.29) is 12.6 Å². The van der Waals surface area contributed by atoms with Crippen LogP contribution in [0.5, 0.6) is 0 Å². The van der Waals surface area contributed by atoms with E-state index in [1.165, 1.54) is 12.5 Å². The number of furan rings is 1. The van der Waals surface area contributed by atoms with E-state index in [0.29, 0.717) is 5.56 Å². The number of amides is 2. The molecule has 6 heteroatoms. The highest BCUT2D eigenvalue weighted by molar-refractivity contribution is 6.35. The van der Waals surface area contributed by atoms with Gasteiger partial charge in [0.25, 0.3) is 0 Å². The minimum absolute atomic E-state index is 0.0174. The number of hydrogen-bond acceptors (Lipinski definition) is 4. The average Bonchev–Trinajstić information content (AvgIpc) is 3.07. The third-order valence-corrected chi connectivity index (χ3v) is 3.28. The molecular weight excluding hydrogens is 248 g/mol. The van der Waals surface area contributed by atoms with Crippen LogP contribution in [0.3, 0.4) is 0 Å². The molecule has 2 amide bonds. The number of carbonyl (C=O) groups excluding carboxylic acids is 2. The summed E-state index contributed by atoms with van der Waals surface area (Å²) in [6.45, 7) is -0.0174. The van der Waals surface area contributed by atoms with Crippen molar-refractivity contribution in [2.75, 3.05) is 6.54 Å². The van der Waals surface area contributed by atoms with Gasteiger partial charge in [-0.25, -0.2) is 0 Å². The van der Waals surface area contributed by atoms with Gasteiger partial charge in [-0.05, 0) is 18.9 Å². The summed E-state index contributed by atoms with van der Waals surface area (Å²) in [4.78, 5) is 23.1. The monoisotopic (exact) mass is 266 g/mol. The zero-order valence-electron chi connectivity index (χ0n) is 10.6. The maximum Gasteiger partial charge on any atom is 0.309 e. The molecule has 0 aromatic carbocycles. The fraction of sp³-hybridized carbons (Fsp3) is 0.538. The van der Waals surface area contributed by atoms with E-state index in [0.717, 1.165) is 25.7 Å². The normalized spacial score (nSPS) is 17.1. The summed E-state index contributed by atoms with van der Waals surface area (Å²) in [5.74, 6) is -1.35. The number of nitrogens with one attached hydrogen (secondary N) is 2. The van der Waals surface area contributed by atoms with Crippen molar-refractivity contribution in [3.05, 3.63) is 24.2 Å². The second kappa shape index (κ2) is 6.38.